The number of rotatable bonds is 4. The Hall–Kier alpha value is -0.780. The molecule has 1 saturated carbocycles. The third kappa shape index (κ3) is 4.67. The molecule has 0 radical (unpaired) electrons. The van der Waals surface area contributed by atoms with Crippen LogP contribution in [0.5, 0.6) is 0 Å². The number of aliphatic imine (C=N–C) groups is 1. The maximum Gasteiger partial charge on any atom is 0.193 e. The summed E-state index contributed by atoms with van der Waals surface area (Å²) in [6.45, 7) is 3.12. The molecule has 19 heavy (non-hydrogen) atoms. The molecule has 0 spiro atoms. The predicted octanol–water partition coefficient (Wildman–Crippen LogP) is 4.00. The fraction of sp³-hybridized carbons (Fsp3) is 0.533. The lowest BCUT2D eigenvalue weighted by molar-refractivity contribution is 0.297. The van der Waals surface area contributed by atoms with Crippen molar-refractivity contribution >= 4 is 35.6 Å². The zero-order chi connectivity index (χ0) is 12.8. The lowest BCUT2D eigenvalue weighted by Crippen LogP contribution is -2.26. The van der Waals surface area contributed by atoms with Gasteiger partial charge in [-0.2, -0.15) is 0 Å². The molecule has 0 unspecified atom stereocenters. The minimum Gasteiger partial charge on any atom is -0.370 e. The summed E-state index contributed by atoms with van der Waals surface area (Å²) in [5.41, 5.74) is 7.34. The smallest absolute Gasteiger partial charge is 0.193 e. The second-order valence-corrected chi connectivity index (χ2v) is 5.25. The van der Waals surface area contributed by atoms with Gasteiger partial charge in [0, 0.05) is 12.2 Å². The van der Waals surface area contributed by atoms with Crippen LogP contribution in [0.3, 0.4) is 0 Å². The maximum absolute atomic E-state index is 5.94. The van der Waals surface area contributed by atoms with Crippen molar-refractivity contribution in [1.29, 1.82) is 0 Å². The number of anilines is 1. The first-order valence-electron chi connectivity index (χ1n) is 6.86. The predicted molar refractivity (Wildman–Crippen MR) is 93.2 cm³/mol. The molecule has 0 aromatic heterocycles. The zero-order valence-electron chi connectivity index (χ0n) is 11.6. The molecule has 1 aliphatic rings. The fourth-order valence-corrected chi connectivity index (χ4v) is 2.71. The van der Waals surface area contributed by atoms with Gasteiger partial charge < -0.3 is 11.1 Å². The van der Waals surface area contributed by atoms with E-state index in [2.05, 4.69) is 17.2 Å². The third-order valence-corrected chi connectivity index (χ3v) is 4.05. The van der Waals surface area contributed by atoms with E-state index in [0.717, 1.165) is 12.2 Å². The Bertz CT molecular complexity index is 397. The molecule has 0 atom stereocenters. The molecule has 106 valence electrons. The molecule has 0 bridgehead atoms. The van der Waals surface area contributed by atoms with Crippen molar-refractivity contribution in [2.45, 2.75) is 39.0 Å². The van der Waals surface area contributed by atoms with E-state index in [9.17, 15) is 0 Å². The van der Waals surface area contributed by atoms with Gasteiger partial charge in [0.2, 0.25) is 0 Å². The summed E-state index contributed by atoms with van der Waals surface area (Å²) in [4.78, 5) is 4.53. The van der Waals surface area contributed by atoms with E-state index in [0.29, 0.717) is 11.4 Å². The molecule has 0 heterocycles. The first-order chi connectivity index (χ1) is 8.74. The van der Waals surface area contributed by atoms with E-state index in [1.807, 2.05) is 30.3 Å². The molecule has 1 aromatic carbocycles. The molecular formula is C15H24IN3. The average Bonchev–Trinajstić information content (AvgIpc) is 2.87. The molecule has 3 N–H and O–H groups in total. The Morgan fingerprint density at radius 2 is 1.89 bits per heavy atom. The van der Waals surface area contributed by atoms with E-state index in [4.69, 9.17) is 5.73 Å². The summed E-state index contributed by atoms with van der Waals surface area (Å²) in [5, 5.41) is 3.13. The second kappa shape index (κ2) is 7.72. The van der Waals surface area contributed by atoms with Crippen LogP contribution in [0.25, 0.3) is 0 Å². The van der Waals surface area contributed by atoms with Crippen molar-refractivity contribution < 1.29 is 0 Å². The highest BCUT2D eigenvalue weighted by molar-refractivity contribution is 14.0. The maximum atomic E-state index is 5.94. The number of guanidine groups is 1. The first-order valence-corrected chi connectivity index (χ1v) is 6.86. The topological polar surface area (TPSA) is 50.4 Å². The molecule has 0 aliphatic heterocycles. The van der Waals surface area contributed by atoms with Gasteiger partial charge in [-0.25, -0.2) is 0 Å². The van der Waals surface area contributed by atoms with Gasteiger partial charge >= 0.3 is 0 Å². The van der Waals surface area contributed by atoms with Crippen molar-refractivity contribution in [1.82, 2.24) is 0 Å². The molecule has 1 fully saturated rings. The Labute approximate surface area is 133 Å². The Morgan fingerprint density at radius 1 is 1.26 bits per heavy atom. The number of halogens is 1. The second-order valence-electron chi connectivity index (χ2n) is 5.25. The van der Waals surface area contributed by atoms with Crippen LogP contribution in [-0.4, -0.2) is 12.5 Å². The van der Waals surface area contributed by atoms with Crippen molar-refractivity contribution in [2.24, 2.45) is 16.1 Å². The number of benzene rings is 1. The average molecular weight is 373 g/mol. The lowest BCUT2D eigenvalue weighted by atomic mass is 9.84. The van der Waals surface area contributed by atoms with E-state index in [1.54, 1.807) is 0 Å². The van der Waals surface area contributed by atoms with Crippen LogP contribution in [-0.2, 0) is 0 Å². The monoisotopic (exact) mass is 373 g/mol. The quantitative estimate of drug-likeness (QED) is 0.476. The van der Waals surface area contributed by atoms with E-state index < -0.39 is 0 Å². The normalized spacial score (nSPS) is 17.8. The number of hydrogen-bond acceptors (Lipinski definition) is 1. The summed E-state index contributed by atoms with van der Waals surface area (Å²) in [7, 11) is 0. The minimum absolute atomic E-state index is 0. The van der Waals surface area contributed by atoms with Gasteiger partial charge in [0.1, 0.15) is 0 Å². The fourth-order valence-electron chi connectivity index (χ4n) is 2.71. The van der Waals surface area contributed by atoms with Gasteiger partial charge in [0.05, 0.1) is 0 Å². The number of nitrogens with one attached hydrogen (secondary N) is 1. The van der Waals surface area contributed by atoms with E-state index in [1.165, 1.54) is 32.1 Å². The van der Waals surface area contributed by atoms with Crippen LogP contribution in [0, 0.1) is 5.41 Å². The van der Waals surface area contributed by atoms with Crippen LogP contribution in [0.4, 0.5) is 5.69 Å². The largest absolute Gasteiger partial charge is 0.370 e. The lowest BCUT2D eigenvalue weighted by Gasteiger charge is -2.25. The van der Waals surface area contributed by atoms with Gasteiger partial charge in [-0.15, -0.1) is 24.0 Å². The van der Waals surface area contributed by atoms with Crippen molar-refractivity contribution in [3.8, 4) is 0 Å². The molecule has 1 aromatic rings. The Morgan fingerprint density at radius 3 is 2.47 bits per heavy atom. The van der Waals surface area contributed by atoms with Gasteiger partial charge in [-0.3, -0.25) is 4.99 Å². The summed E-state index contributed by atoms with van der Waals surface area (Å²) < 4.78 is 0. The standard InChI is InChI=1S/C15H23N3.HI/c1-2-15(10-6-7-11-15)12-17-14(16)18-13-8-4-3-5-9-13;/h3-5,8-9H,2,6-7,10-12H2,1H3,(H3,16,17,18);1H. The highest BCUT2D eigenvalue weighted by Crippen LogP contribution is 2.41. The minimum atomic E-state index is 0. The number of hydrogen-bond donors (Lipinski definition) is 2. The molecule has 0 amide bonds. The van der Waals surface area contributed by atoms with Crippen LogP contribution >= 0.6 is 24.0 Å². The molecular weight excluding hydrogens is 349 g/mol. The number of nitrogens with zero attached hydrogens (tertiary/aromatic N) is 1. The molecule has 0 saturated heterocycles. The van der Waals surface area contributed by atoms with E-state index >= 15 is 0 Å². The Kier molecular flexibility index (Phi) is 6.62. The van der Waals surface area contributed by atoms with Gasteiger partial charge in [0.15, 0.2) is 5.96 Å². The highest BCUT2D eigenvalue weighted by atomic mass is 127. The van der Waals surface area contributed by atoms with Gasteiger partial charge in [-0.1, -0.05) is 38.0 Å². The Balaban J connectivity index is 0.00000180. The van der Waals surface area contributed by atoms with Crippen molar-refractivity contribution in [2.75, 3.05) is 11.9 Å². The van der Waals surface area contributed by atoms with Crippen LogP contribution in [0.2, 0.25) is 0 Å². The van der Waals surface area contributed by atoms with Gasteiger partial charge in [-0.05, 0) is 36.8 Å². The number of nitrogens with two attached hydrogens (primary N) is 1. The van der Waals surface area contributed by atoms with Gasteiger partial charge in [0.25, 0.3) is 0 Å². The summed E-state index contributed by atoms with van der Waals surface area (Å²) >= 11 is 0. The van der Waals surface area contributed by atoms with Crippen molar-refractivity contribution in [3.05, 3.63) is 30.3 Å². The molecule has 2 rings (SSSR count). The van der Waals surface area contributed by atoms with Crippen LogP contribution in [0.1, 0.15) is 39.0 Å². The van der Waals surface area contributed by atoms with Crippen molar-refractivity contribution in [3.63, 3.8) is 0 Å². The highest BCUT2D eigenvalue weighted by Gasteiger charge is 2.31. The summed E-state index contributed by atoms with van der Waals surface area (Å²) in [6.07, 6.45) is 6.48. The first kappa shape index (κ1) is 16.3. The van der Waals surface area contributed by atoms with E-state index in [-0.39, 0.29) is 24.0 Å². The summed E-state index contributed by atoms with van der Waals surface area (Å²) in [5.74, 6) is 0.529. The molecule has 1 aliphatic carbocycles. The molecule has 3 nitrogen and oxygen atoms in total. The number of para-hydroxylation sites is 1. The molecule has 4 heteroatoms. The summed E-state index contributed by atoms with van der Waals surface area (Å²) in [6, 6.07) is 9.95. The zero-order valence-corrected chi connectivity index (χ0v) is 13.9. The third-order valence-electron chi connectivity index (χ3n) is 4.05. The SMILES string of the molecule is CCC1(CN=C(N)Nc2ccccc2)CCCC1.I. The van der Waals surface area contributed by atoms with Crippen LogP contribution in [0.15, 0.2) is 35.3 Å². The van der Waals surface area contributed by atoms with Crippen LogP contribution < -0.4 is 11.1 Å².